The number of hydrogen-bond donors (Lipinski definition) is 1. The molecule has 0 aromatic rings. The minimum absolute atomic E-state index is 0.0166. The summed E-state index contributed by atoms with van der Waals surface area (Å²) in [6, 6.07) is -0.0440. The molecule has 1 fully saturated rings. The molecular weight excluding hydrogens is 232 g/mol. The molecule has 1 rings (SSSR count). The topological polar surface area (TPSA) is 60.9 Å². The Morgan fingerprint density at radius 1 is 1.39 bits per heavy atom. The highest BCUT2D eigenvalue weighted by molar-refractivity contribution is 5.82. The fourth-order valence-electron chi connectivity index (χ4n) is 2.45. The fourth-order valence-corrected chi connectivity index (χ4v) is 2.45. The molecule has 1 saturated heterocycles. The molecule has 1 amide bonds. The van der Waals surface area contributed by atoms with Gasteiger partial charge in [0.05, 0.1) is 12.5 Å². The van der Waals surface area contributed by atoms with Crippen molar-refractivity contribution in [3.8, 4) is 0 Å². The Kier molecular flexibility index (Phi) is 6.12. The number of nitrogens with zero attached hydrogens (tertiary/aromatic N) is 2. The van der Waals surface area contributed by atoms with Crippen LogP contribution in [-0.4, -0.2) is 59.5 Å². The summed E-state index contributed by atoms with van der Waals surface area (Å²) in [7, 11) is 1.70. The first kappa shape index (κ1) is 15.0. The summed E-state index contributed by atoms with van der Waals surface area (Å²) in [5.74, 6) is -0.784. The van der Waals surface area contributed by atoms with Crippen LogP contribution in [0, 0.1) is 0 Å². The van der Waals surface area contributed by atoms with Crippen molar-refractivity contribution in [3.05, 3.63) is 0 Å². The molecule has 1 atom stereocenters. The second kappa shape index (κ2) is 7.36. The molecule has 0 aromatic heterocycles. The van der Waals surface area contributed by atoms with Gasteiger partial charge in [0.1, 0.15) is 0 Å². The quantitative estimate of drug-likeness (QED) is 0.775. The van der Waals surface area contributed by atoms with E-state index in [1.165, 1.54) is 0 Å². The predicted molar refractivity (Wildman–Crippen MR) is 69.4 cm³/mol. The van der Waals surface area contributed by atoms with E-state index in [-0.39, 0.29) is 18.4 Å². The molecule has 1 N–H and O–H groups in total. The summed E-state index contributed by atoms with van der Waals surface area (Å²) < 4.78 is 0. The Labute approximate surface area is 109 Å². The van der Waals surface area contributed by atoms with Gasteiger partial charge in [-0.25, -0.2) is 0 Å². The number of rotatable bonds is 6. The second-order valence-electron chi connectivity index (χ2n) is 4.95. The van der Waals surface area contributed by atoms with Crippen molar-refractivity contribution in [1.29, 1.82) is 0 Å². The number of carbonyl (C=O) groups excluding carboxylic acids is 1. The largest absolute Gasteiger partial charge is 0.481 e. The maximum atomic E-state index is 12.3. The maximum absolute atomic E-state index is 12.3. The van der Waals surface area contributed by atoms with Crippen LogP contribution in [0.15, 0.2) is 0 Å². The Balaban J connectivity index is 2.53. The van der Waals surface area contributed by atoms with E-state index < -0.39 is 5.97 Å². The van der Waals surface area contributed by atoms with Crippen LogP contribution in [0.3, 0.4) is 0 Å². The average Bonchev–Trinajstić information content (AvgIpc) is 2.36. The predicted octanol–water partition coefficient (Wildman–Crippen LogP) is 1.18. The number of likely N-dealkylation sites (tertiary alicyclic amines) is 1. The summed E-state index contributed by atoms with van der Waals surface area (Å²) in [6.07, 6.45) is 4.20. The van der Waals surface area contributed by atoms with Crippen molar-refractivity contribution in [3.63, 3.8) is 0 Å². The van der Waals surface area contributed by atoms with Crippen LogP contribution in [0.5, 0.6) is 0 Å². The van der Waals surface area contributed by atoms with Gasteiger partial charge < -0.3 is 10.0 Å². The highest BCUT2D eigenvalue weighted by atomic mass is 16.4. The first-order valence-electron chi connectivity index (χ1n) is 6.77. The fraction of sp³-hybridized carbons (Fsp3) is 0.846. The van der Waals surface area contributed by atoms with Gasteiger partial charge in [-0.2, -0.15) is 0 Å². The molecule has 0 saturated carbocycles. The number of carboxylic acid groups (broad SMARTS) is 1. The van der Waals surface area contributed by atoms with Crippen LogP contribution >= 0.6 is 0 Å². The zero-order valence-electron chi connectivity index (χ0n) is 11.4. The smallest absolute Gasteiger partial charge is 0.305 e. The monoisotopic (exact) mass is 256 g/mol. The minimum Gasteiger partial charge on any atom is -0.481 e. The maximum Gasteiger partial charge on any atom is 0.305 e. The zero-order valence-corrected chi connectivity index (χ0v) is 11.4. The van der Waals surface area contributed by atoms with Crippen LogP contribution in [-0.2, 0) is 9.59 Å². The standard InChI is InChI=1S/C13H24N2O3/c1-3-8-15-9-5-4-6-11(15)13(18)14(2)10-7-12(16)17/h11H,3-10H2,1-2H3,(H,16,17). The number of carboxylic acids is 1. The first-order chi connectivity index (χ1) is 8.56. The summed E-state index contributed by atoms with van der Waals surface area (Å²) in [6.45, 7) is 4.34. The molecule has 0 radical (unpaired) electrons. The SMILES string of the molecule is CCCN1CCCCC1C(=O)N(C)CCC(=O)O. The molecule has 18 heavy (non-hydrogen) atoms. The van der Waals surface area contributed by atoms with Crippen LogP contribution < -0.4 is 0 Å². The van der Waals surface area contributed by atoms with E-state index in [0.29, 0.717) is 6.54 Å². The van der Waals surface area contributed by atoms with Crippen molar-refractivity contribution < 1.29 is 14.7 Å². The minimum atomic E-state index is -0.858. The first-order valence-corrected chi connectivity index (χ1v) is 6.77. The van der Waals surface area contributed by atoms with Crippen molar-refractivity contribution in [2.45, 2.75) is 45.1 Å². The second-order valence-corrected chi connectivity index (χ2v) is 4.95. The van der Waals surface area contributed by atoms with E-state index in [4.69, 9.17) is 5.11 Å². The van der Waals surface area contributed by atoms with Gasteiger partial charge in [-0.1, -0.05) is 13.3 Å². The van der Waals surface area contributed by atoms with Gasteiger partial charge in [0.15, 0.2) is 0 Å². The number of hydrogen-bond acceptors (Lipinski definition) is 3. The third-order valence-corrected chi connectivity index (χ3v) is 3.45. The Hall–Kier alpha value is -1.10. The van der Waals surface area contributed by atoms with Crippen molar-refractivity contribution in [1.82, 2.24) is 9.80 Å². The van der Waals surface area contributed by atoms with Crippen molar-refractivity contribution >= 4 is 11.9 Å². The van der Waals surface area contributed by atoms with E-state index >= 15 is 0 Å². The molecule has 104 valence electrons. The average molecular weight is 256 g/mol. The van der Waals surface area contributed by atoms with E-state index in [0.717, 1.165) is 38.8 Å². The number of carbonyl (C=O) groups is 2. The van der Waals surface area contributed by atoms with Gasteiger partial charge in [-0.15, -0.1) is 0 Å². The third-order valence-electron chi connectivity index (χ3n) is 3.45. The van der Waals surface area contributed by atoms with Gasteiger partial charge in [-0.3, -0.25) is 14.5 Å². The molecular formula is C13H24N2O3. The summed E-state index contributed by atoms with van der Waals surface area (Å²) in [5, 5.41) is 8.64. The lowest BCUT2D eigenvalue weighted by molar-refractivity contribution is -0.140. The number of amides is 1. The lowest BCUT2D eigenvalue weighted by atomic mass is 10.0. The van der Waals surface area contributed by atoms with Crippen LogP contribution in [0.4, 0.5) is 0 Å². The van der Waals surface area contributed by atoms with Crippen LogP contribution in [0.1, 0.15) is 39.0 Å². The van der Waals surface area contributed by atoms with E-state index in [9.17, 15) is 9.59 Å². The molecule has 0 spiro atoms. The van der Waals surface area contributed by atoms with Gasteiger partial charge in [-0.05, 0) is 32.4 Å². The van der Waals surface area contributed by atoms with Gasteiger partial charge in [0.25, 0.3) is 0 Å². The Morgan fingerprint density at radius 3 is 2.72 bits per heavy atom. The summed E-state index contributed by atoms with van der Waals surface area (Å²) in [4.78, 5) is 26.6. The lowest BCUT2D eigenvalue weighted by Crippen LogP contribution is -2.50. The summed E-state index contributed by atoms with van der Waals surface area (Å²) >= 11 is 0. The van der Waals surface area contributed by atoms with Crippen molar-refractivity contribution in [2.24, 2.45) is 0 Å². The van der Waals surface area contributed by atoms with E-state index in [1.54, 1.807) is 11.9 Å². The van der Waals surface area contributed by atoms with Crippen molar-refractivity contribution in [2.75, 3.05) is 26.7 Å². The van der Waals surface area contributed by atoms with Gasteiger partial charge in [0, 0.05) is 13.6 Å². The molecule has 1 aliphatic heterocycles. The van der Waals surface area contributed by atoms with Gasteiger partial charge in [0.2, 0.25) is 5.91 Å². The Morgan fingerprint density at radius 2 is 2.11 bits per heavy atom. The molecule has 5 nitrogen and oxygen atoms in total. The van der Waals surface area contributed by atoms with Crippen LogP contribution in [0.2, 0.25) is 0 Å². The number of aliphatic carboxylic acids is 1. The molecule has 1 aliphatic rings. The molecule has 0 aliphatic carbocycles. The lowest BCUT2D eigenvalue weighted by Gasteiger charge is -2.36. The number of piperidine rings is 1. The molecule has 0 bridgehead atoms. The van der Waals surface area contributed by atoms with E-state index in [1.807, 2.05) is 0 Å². The molecule has 5 heteroatoms. The number of likely N-dealkylation sites (N-methyl/N-ethyl adjacent to an activating group) is 1. The van der Waals surface area contributed by atoms with Gasteiger partial charge >= 0.3 is 5.97 Å². The summed E-state index contributed by atoms with van der Waals surface area (Å²) in [5.41, 5.74) is 0. The normalized spacial score (nSPS) is 20.7. The Bertz CT molecular complexity index is 292. The van der Waals surface area contributed by atoms with Crippen LogP contribution in [0.25, 0.3) is 0 Å². The highest BCUT2D eigenvalue weighted by Crippen LogP contribution is 2.19. The van der Waals surface area contributed by atoms with E-state index in [2.05, 4.69) is 11.8 Å². The third kappa shape index (κ3) is 4.29. The highest BCUT2D eigenvalue weighted by Gasteiger charge is 2.29. The zero-order chi connectivity index (χ0) is 13.5. The molecule has 1 heterocycles. The molecule has 0 aromatic carbocycles. The molecule has 1 unspecified atom stereocenters.